The van der Waals surface area contributed by atoms with Crippen molar-refractivity contribution >= 4 is 10.1 Å². The van der Waals surface area contributed by atoms with E-state index in [0.717, 1.165) is 6.26 Å². The van der Waals surface area contributed by atoms with Crippen LogP contribution in [0, 0.1) is 0 Å². The van der Waals surface area contributed by atoms with Gasteiger partial charge in [0, 0.05) is 0 Å². The molecule has 0 N–H and O–H groups in total. The summed E-state index contributed by atoms with van der Waals surface area (Å²) in [5, 5.41) is 0. The zero-order chi connectivity index (χ0) is 13.1. The molecule has 104 valence electrons. The SMILES string of the molecule is CC1(C)O[C@@H]2O[C@@H]3[C@@H](OC[C@@H]3OS(C)(=O)=O)[C@@H]2O1. The fraction of sp³-hybridized carbons (Fsp3) is 1.00. The lowest BCUT2D eigenvalue weighted by Gasteiger charge is -2.22. The predicted octanol–water partition coefficient (Wildman–Crippen LogP) is -0.394. The second kappa shape index (κ2) is 3.87. The van der Waals surface area contributed by atoms with E-state index in [1.165, 1.54) is 0 Å². The highest BCUT2D eigenvalue weighted by molar-refractivity contribution is 7.86. The van der Waals surface area contributed by atoms with E-state index in [2.05, 4.69) is 0 Å². The summed E-state index contributed by atoms with van der Waals surface area (Å²) in [6.45, 7) is 3.77. The summed E-state index contributed by atoms with van der Waals surface area (Å²) >= 11 is 0. The molecule has 0 unspecified atom stereocenters. The van der Waals surface area contributed by atoms with Crippen LogP contribution in [-0.4, -0.2) is 57.8 Å². The van der Waals surface area contributed by atoms with Gasteiger partial charge in [0.2, 0.25) is 0 Å². The first-order chi connectivity index (χ1) is 8.25. The molecule has 5 atom stereocenters. The normalized spacial score (nSPS) is 46.1. The molecular formula is C10H16O7S. The van der Waals surface area contributed by atoms with Gasteiger partial charge in [0.1, 0.15) is 24.4 Å². The smallest absolute Gasteiger partial charge is 0.264 e. The third-order valence-corrected chi connectivity index (χ3v) is 3.74. The zero-order valence-electron chi connectivity index (χ0n) is 10.4. The van der Waals surface area contributed by atoms with Crippen LogP contribution < -0.4 is 0 Å². The Morgan fingerprint density at radius 1 is 1.17 bits per heavy atom. The van der Waals surface area contributed by atoms with E-state index in [9.17, 15) is 8.42 Å². The molecule has 0 aliphatic carbocycles. The van der Waals surface area contributed by atoms with Crippen LogP contribution in [0.2, 0.25) is 0 Å². The fourth-order valence-corrected chi connectivity index (χ4v) is 3.22. The van der Waals surface area contributed by atoms with Gasteiger partial charge in [0.05, 0.1) is 12.9 Å². The third-order valence-electron chi connectivity index (χ3n) is 3.14. The van der Waals surface area contributed by atoms with Gasteiger partial charge < -0.3 is 18.9 Å². The summed E-state index contributed by atoms with van der Waals surface area (Å²) in [5.74, 6) is -0.709. The Balaban J connectivity index is 1.72. The second-order valence-corrected chi connectivity index (χ2v) is 6.81. The Morgan fingerprint density at radius 2 is 1.89 bits per heavy atom. The van der Waals surface area contributed by atoms with E-state index in [1.807, 2.05) is 0 Å². The molecule has 0 aromatic rings. The monoisotopic (exact) mass is 280 g/mol. The summed E-state index contributed by atoms with van der Waals surface area (Å²) in [7, 11) is -3.53. The van der Waals surface area contributed by atoms with E-state index < -0.39 is 34.4 Å². The minimum atomic E-state index is -3.53. The Hall–Kier alpha value is -0.250. The lowest BCUT2D eigenvalue weighted by molar-refractivity contribution is -0.213. The lowest BCUT2D eigenvalue weighted by Crippen LogP contribution is -2.36. The molecule has 3 fully saturated rings. The van der Waals surface area contributed by atoms with Crippen LogP contribution in [0.4, 0.5) is 0 Å². The summed E-state index contributed by atoms with van der Waals surface area (Å²) in [6.07, 6.45) is -1.30. The molecule has 3 saturated heterocycles. The lowest BCUT2D eigenvalue weighted by atomic mass is 10.1. The summed E-state index contributed by atoms with van der Waals surface area (Å²) in [4.78, 5) is 0. The molecule has 8 heteroatoms. The number of hydrogen-bond acceptors (Lipinski definition) is 7. The largest absolute Gasteiger partial charge is 0.370 e. The van der Waals surface area contributed by atoms with Crippen molar-refractivity contribution in [3.63, 3.8) is 0 Å². The van der Waals surface area contributed by atoms with Gasteiger partial charge in [-0.25, -0.2) is 0 Å². The van der Waals surface area contributed by atoms with Crippen molar-refractivity contribution in [1.29, 1.82) is 0 Å². The van der Waals surface area contributed by atoms with Crippen molar-refractivity contribution in [3.05, 3.63) is 0 Å². The Bertz CT molecular complexity index is 445. The molecule has 0 aromatic carbocycles. The van der Waals surface area contributed by atoms with Gasteiger partial charge in [-0.05, 0) is 13.8 Å². The van der Waals surface area contributed by atoms with Gasteiger partial charge in [0.15, 0.2) is 12.1 Å². The molecule has 7 nitrogen and oxygen atoms in total. The van der Waals surface area contributed by atoms with Gasteiger partial charge in [-0.3, -0.25) is 4.18 Å². The molecular weight excluding hydrogens is 264 g/mol. The van der Waals surface area contributed by atoms with Crippen molar-refractivity contribution in [2.45, 2.75) is 50.3 Å². The van der Waals surface area contributed by atoms with Crippen LogP contribution in [0.25, 0.3) is 0 Å². The van der Waals surface area contributed by atoms with Crippen molar-refractivity contribution < 1.29 is 31.5 Å². The van der Waals surface area contributed by atoms with Gasteiger partial charge in [-0.2, -0.15) is 8.42 Å². The molecule has 3 aliphatic heterocycles. The summed E-state index contributed by atoms with van der Waals surface area (Å²) in [6, 6.07) is 0. The maximum absolute atomic E-state index is 11.1. The molecule has 0 spiro atoms. The Morgan fingerprint density at radius 3 is 2.56 bits per heavy atom. The van der Waals surface area contributed by atoms with Gasteiger partial charge in [0.25, 0.3) is 10.1 Å². The molecule has 0 aromatic heterocycles. The molecule has 0 bridgehead atoms. The first-order valence-corrected chi connectivity index (χ1v) is 7.58. The quantitative estimate of drug-likeness (QED) is 0.637. The highest BCUT2D eigenvalue weighted by Gasteiger charge is 2.60. The molecule has 3 rings (SSSR count). The van der Waals surface area contributed by atoms with Gasteiger partial charge >= 0.3 is 0 Å². The molecule has 0 radical (unpaired) electrons. The average molecular weight is 280 g/mol. The summed E-state index contributed by atoms with van der Waals surface area (Å²) < 4.78 is 49.6. The van der Waals surface area contributed by atoms with Crippen LogP contribution in [0.1, 0.15) is 13.8 Å². The number of rotatable bonds is 2. The van der Waals surface area contributed by atoms with Crippen LogP contribution in [0.15, 0.2) is 0 Å². The van der Waals surface area contributed by atoms with Crippen molar-refractivity contribution in [3.8, 4) is 0 Å². The number of hydrogen-bond donors (Lipinski definition) is 0. The zero-order valence-corrected chi connectivity index (χ0v) is 11.2. The molecule has 3 aliphatic rings. The predicted molar refractivity (Wildman–Crippen MR) is 58.2 cm³/mol. The van der Waals surface area contributed by atoms with E-state index >= 15 is 0 Å². The first kappa shape index (κ1) is 12.8. The van der Waals surface area contributed by atoms with E-state index in [1.54, 1.807) is 13.8 Å². The highest BCUT2D eigenvalue weighted by atomic mass is 32.2. The van der Waals surface area contributed by atoms with Crippen LogP contribution in [-0.2, 0) is 33.2 Å². The fourth-order valence-electron chi connectivity index (χ4n) is 2.60. The highest BCUT2D eigenvalue weighted by Crippen LogP contribution is 2.42. The van der Waals surface area contributed by atoms with Gasteiger partial charge in [-0.15, -0.1) is 0 Å². The van der Waals surface area contributed by atoms with Gasteiger partial charge in [-0.1, -0.05) is 0 Å². The number of fused-ring (bicyclic) bond motifs is 3. The maximum Gasteiger partial charge on any atom is 0.264 e. The summed E-state index contributed by atoms with van der Waals surface area (Å²) in [5.41, 5.74) is 0. The van der Waals surface area contributed by atoms with Crippen LogP contribution >= 0.6 is 0 Å². The maximum atomic E-state index is 11.1. The minimum Gasteiger partial charge on any atom is -0.370 e. The first-order valence-electron chi connectivity index (χ1n) is 5.76. The average Bonchev–Trinajstić information content (AvgIpc) is 2.74. The van der Waals surface area contributed by atoms with Crippen LogP contribution in [0.3, 0.4) is 0 Å². The van der Waals surface area contributed by atoms with E-state index in [4.69, 9.17) is 23.1 Å². The molecule has 3 heterocycles. The van der Waals surface area contributed by atoms with E-state index in [-0.39, 0.29) is 18.8 Å². The third kappa shape index (κ3) is 2.17. The van der Waals surface area contributed by atoms with Crippen molar-refractivity contribution in [2.24, 2.45) is 0 Å². The topological polar surface area (TPSA) is 80.3 Å². The van der Waals surface area contributed by atoms with Crippen molar-refractivity contribution in [2.75, 3.05) is 12.9 Å². The molecule has 0 amide bonds. The molecule has 0 saturated carbocycles. The minimum absolute atomic E-state index is 0.176. The standard InChI is InChI=1S/C10H16O7S/c1-10(2)15-8-7-6(14-9(8)16-10)5(4-13-7)17-18(3,11)12/h5-9H,4H2,1-3H3/t5-,6-,7+,8-,9-/m0/s1. The van der Waals surface area contributed by atoms with E-state index in [0.29, 0.717) is 0 Å². The Kier molecular flexibility index (Phi) is 2.75. The second-order valence-electron chi connectivity index (χ2n) is 5.21. The molecule has 18 heavy (non-hydrogen) atoms. The Labute approximate surface area is 105 Å². The number of ether oxygens (including phenoxy) is 4. The van der Waals surface area contributed by atoms with Crippen molar-refractivity contribution in [1.82, 2.24) is 0 Å². The van der Waals surface area contributed by atoms with Crippen LogP contribution in [0.5, 0.6) is 0 Å².